The van der Waals surface area contributed by atoms with Crippen LogP contribution in [0.3, 0.4) is 0 Å². The molecule has 0 radical (unpaired) electrons. The lowest BCUT2D eigenvalue weighted by Gasteiger charge is -2.31. The van der Waals surface area contributed by atoms with Crippen molar-refractivity contribution < 1.29 is 19.0 Å². The quantitative estimate of drug-likeness (QED) is 0.792. The summed E-state index contributed by atoms with van der Waals surface area (Å²) in [6, 6.07) is 0. The van der Waals surface area contributed by atoms with Gasteiger partial charge in [-0.15, -0.1) is 0 Å². The van der Waals surface area contributed by atoms with E-state index in [9.17, 15) is 4.79 Å². The summed E-state index contributed by atoms with van der Waals surface area (Å²) >= 11 is 0. The third-order valence-corrected chi connectivity index (χ3v) is 4.80. The summed E-state index contributed by atoms with van der Waals surface area (Å²) in [5.41, 5.74) is -0.582. The predicted octanol–water partition coefficient (Wildman–Crippen LogP) is 1.35. The van der Waals surface area contributed by atoms with Gasteiger partial charge in [-0.05, 0) is 27.8 Å². The van der Waals surface area contributed by atoms with Gasteiger partial charge in [0.25, 0.3) is 0 Å². The van der Waals surface area contributed by atoms with Crippen molar-refractivity contribution in [2.45, 2.75) is 50.5 Å². The van der Waals surface area contributed by atoms with E-state index in [1.54, 1.807) is 0 Å². The number of carbonyl (C=O) groups excluding carboxylic acids is 1. The monoisotopic (exact) mass is 298 g/mol. The number of carbonyl (C=O) groups is 1. The molecule has 1 N–H and O–H groups in total. The molecule has 2 aliphatic heterocycles. The molecule has 1 unspecified atom stereocenters. The van der Waals surface area contributed by atoms with Crippen molar-refractivity contribution in [1.82, 2.24) is 10.2 Å². The van der Waals surface area contributed by atoms with Crippen molar-refractivity contribution in [2.24, 2.45) is 5.92 Å². The standard InChI is InChI=1S/C15H26N2O4/c1-13(2,3)21-12(18)17-8-11-7-15(19-5-6-20-15)9-14(11,10-17)16-4/h11,16H,5-10H2,1-4H3/t11-,14?/m1/s1. The van der Waals surface area contributed by atoms with E-state index in [-0.39, 0.29) is 11.6 Å². The van der Waals surface area contributed by atoms with E-state index in [0.717, 1.165) is 12.8 Å². The molecule has 3 fully saturated rings. The fourth-order valence-electron chi connectivity index (χ4n) is 3.92. The van der Waals surface area contributed by atoms with Crippen LogP contribution in [0.25, 0.3) is 0 Å². The molecule has 120 valence electrons. The molecule has 21 heavy (non-hydrogen) atoms. The molecule has 0 bridgehead atoms. The zero-order chi connectivity index (χ0) is 15.3. The van der Waals surface area contributed by atoms with Crippen LogP contribution in [-0.4, -0.2) is 61.3 Å². The van der Waals surface area contributed by atoms with E-state index in [0.29, 0.717) is 32.2 Å². The molecular weight excluding hydrogens is 272 g/mol. The highest BCUT2D eigenvalue weighted by atomic mass is 16.7. The van der Waals surface area contributed by atoms with E-state index < -0.39 is 11.4 Å². The van der Waals surface area contributed by atoms with Crippen LogP contribution in [0.5, 0.6) is 0 Å². The number of fused-ring (bicyclic) bond motifs is 1. The van der Waals surface area contributed by atoms with Crippen LogP contribution in [0.2, 0.25) is 0 Å². The summed E-state index contributed by atoms with van der Waals surface area (Å²) in [4.78, 5) is 14.1. The normalized spacial score (nSPS) is 34.5. The fourth-order valence-corrected chi connectivity index (χ4v) is 3.92. The minimum absolute atomic E-state index is 0.124. The van der Waals surface area contributed by atoms with Crippen molar-refractivity contribution in [1.29, 1.82) is 0 Å². The molecule has 3 aliphatic rings. The van der Waals surface area contributed by atoms with E-state index >= 15 is 0 Å². The van der Waals surface area contributed by atoms with Gasteiger partial charge in [-0.2, -0.15) is 0 Å². The maximum atomic E-state index is 12.3. The molecule has 6 nitrogen and oxygen atoms in total. The Kier molecular flexibility index (Phi) is 3.46. The van der Waals surface area contributed by atoms with E-state index in [4.69, 9.17) is 14.2 Å². The Balaban J connectivity index is 1.70. The maximum absolute atomic E-state index is 12.3. The Hall–Kier alpha value is -0.850. The summed E-state index contributed by atoms with van der Waals surface area (Å²) in [6.45, 7) is 8.37. The predicted molar refractivity (Wildman–Crippen MR) is 77.0 cm³/mol. The van der Waals surface area contributed by atoms with Gasteiger partial charge < -0.3 is 24.4 Å². The lowest BCUT2D eigenvalue weighted by molar-refractivity contribution is -0.157. The molecule has 3 rings (SSSR count). The second kappa shape index (κ2) is 4.83. The molecule has 1 aliphatic carbocycles. The van der Waals surface area contributed by atoms with Crippen LogP contribution >= 0.6 is 0 Å². The lowest BCUT2D eigenvalue weighted by atomic mass is 9.91. The number of hydrogen-bond acceptors (Lipinski definition) is 5. The molecular formula is C15H26N2O4. The van der Waals surface area contributed by atoms with Crippen LogP contribution in [0.15, 0.2) is 0 Å². The zero-order valence-corrected chi connectivity index (χ0v) is 13.4. The molecule has 6 heteroatoms. The van der Waals surface area contributed by atoms with Gasteiger partial charge in [0, 0.05) is 37.4 Å². The molecule has 2 saturated heterocycles. The second-order valence-corrected chi connectivity index (χ2v) is 7.45. The van der Waals surface area contributed by atoms with Crippen molar-refractivity contribution in [2.75, 3.05) is 33.4 Å². The summed E-state index contributed by atoms with van der Waals surface area (Å²) in [5.74, 6) is -0.0960. The van der Waals surface area contributed by atoms with Crippen molar-refractivity contribution >= 4 is 6.09 Å². The van der Waals surface area contributed by atoms with Crippen LogP contribution < -0.4 is 5.32 Å². The van der Waals surface area contributed by atoms with E-state index in [2.05, 4.69) is 5.32 Å². The van der Waals surface area contributed by atoms with Gasteiger partial charge in [0.05, 0.1) is 13.2 Å². The van der Waals surface area contributed by atoms with Crippen LogP contribution in [0.4, 0.5) is 4.79 Å². The van der Waals surface area contributed by atoms with Gasteiger partial charge in [-0.1, -0.05) is 0 Å². The first kappa shape index (κ1) is 15.1. The minimum Gasteiger partial charge on any atom is -0.444 e. The molecule has 1 saturated carbocycles. The number of rotatable bonds is 1. The summed E-state index contributed by atoms with van der Waals surface area (Å²) in [7, 11) is 1.96. The van der Waals surface area contributed by atoms with Crippen molar-refractivity contribution in [3.8, 4) is 0 Å². The number of nitrogens with zero attached hydrogens (tertiary/aromatic N) is 1. The Morgan fingerprint density at radius 3 is 2.52 bits per heavy atom. The highest BCUT2D eigenvalue weighted by Crippen LogP contribution is 2.50. The maximum Gasteiger partial charge on any atom is 0.410 e. The first-order valence-corrected chi connectivity index (χ1v) is 7.72. The first-order chi connectivity index (χ1) is 9.78. The van der Waals surface area contributed by atoms with Crippen LogP contribution in [0, 0.1) is 5.92 Å². The highest BCUT2D eigenvalue weighted by molar-refractivity contribution is 5.69. The highest BCUT2D eigenvalue weighted by Gasteiger charge is 2.61. The van der Waals surface area contributed by atoms with Gasteiger partial charge in [0.2, 0.25) is 0 Å². The van der Waals surface area contributed by atoms with Crippen LogP contribution in [-0.2, 0) is 14.2 Å². The molecule has 2 atom stereocenters. The summed E-state index contributed by atoms with van der Waals surface area (Å²) in [5, 5.41) is 3.43. The summed E-state index contributed by atoms with van der Waals surface area (Å²) in [6.07, 6.45) is 1.40. The summed E-state index contributed by atoms with van der Waals surface area (Å²) < 4.78 is 17.2. The number of likely N-dealkylation sites (N-methyl/N-ethyl adjacent to an activating group) is 1. The van der Waals surface area contributed by atoms with Crippen molar-refractivity contribution in [3.05, 3.63) is 0 Å². The van der Waals surface area contributed by atoms with Gasteiger partial charge in [0.15, 0.2) is 5.79 Å². The number of likely N-dealkylation sites (tertiary alicyclic amines) is 1. The minimum atomic E-state index is -0.458. The molecule has 1 spiro atoms. The first-order valence-electron chi connectivity index (χ1n) is 7.72. The van der Waals surface area contributed by atoms with Gasteiger partial charge in [-0.25, -0.2) is 4.79 Å². The third kappa shape index (κ3) is 2.64. The average molecular weight is 298 g/mol. The molecule has 1 amide bonds. The Morgan fingerprint density at radius 2 is 2.00 bits per heavy atom. The number of amides is 1. The fraction of sp³-hybridized carbons (Fsp3) is 0.933. The van der Waals surface area contributed by atoms with Crippen molar-refractivity contribution in [3.63, 3.8) is 0 Å². The second-order valence-electron chi connectivity index (χ2n) is 7.45. The SMILES string of the molecule is CNC12CN(C(=O)OC(C)(C)C)C[C@H]1CC1(C2)OCCO1. The Labute approximate surface area is 126 Å². The molecule has 0 aromatic heterocycles. The third-order valence-electron chi connectivity index (χ3n) is 4.80. The topological polar surface area (TPSA) is 60.0 Å². The average Bonchev–Trinajstić information content (AvgIpc) is 3.01. The van der Waals surface area contributed by atoms with Gasteiger partial charge in [0.1, 0.15) is 5.60 Å². The number of hydrogen-bond donors (Lipinski definition) is 1. The van der Waals surface area contributed by atoms with Gasteiger partial charge in [-0.3, -0.25) is 0 Å². The Bertz CT molecular complexity index is 428. The molecule has 2 heterocycles. The lowest BCUT2D eigenvalue weighted by Crippen LogP contribution is -2.49. The number of ether oxygens (including phenoxy) is 3. The molecule has 0 aromatic carbocycles. The van der Waals surface area contributed by atoms with Gasteiger partial charge >= 0.3 is 6.09 Å². The van der Waals surface area contributed by atoms with Crippen LogP contribution in [0.1, 0.15) is 33.6 Å². The number of nitrogens with one attached hydrogen (secondary N) is 1. The Morgan fingerprint density at radius 1 is 1.33 bits per heavy atom. The van der Waals surface area contributed by atoms with E-state index in [1.165, 1.54) is 0 Å². The smallest absolute Gasteiger partial charge is 0.410 e. The molecule has 0 aromatic rings. The van der Waals surface area contributed by atoms with E-state index in [1.807, 2.05) is 32.7 Å². The zero-order valence-electron chi connectivity index (χ0n) is 13.4. The largest absolute Gasteiger partial charge is 0.444 e.